The van der Waals surface area contributed by atoms with Crippen LogP contribution >= 0.6 is 0 Å². The molecular formula is C23H24F6N2O5. The van der Waals surface area contributed by atoms with Crippen molar-refractivity contribution in [3.05, 3.63) is 59.7 Å². The van der Waals surface area contributed by atoms with Gasteiger partial charge in [-0.15, -0.1) is 13.2 Å². The molecular weight excluding hydrogens is 498 g/mol. The lowest BCUT2D eigenvalue weighted by Crippen LogP contribution is -2.49. The summed E-state index contributed by atoms with van der Waals surface area (Å²) in [5, 5.41) is 14.4. The zero-order chi connectivity index (χ0) is 26.9. The summed E-state index contributed by atoms with van der Waals surface area (Å²) in [5.41, 5.74) is 0.496. The molecule has 0 saturated carbocycles. The molecule has 0 aliphatic rings. The molecule has 7 nitrogen and oxygen atoms in total. The smallest absolute Gasteiger partial charge is 0.493 e. The van der Waals surface area contributed by atoms with Crippen molar-refractivity contribution in [3.8, 4) is 11.5 Å². The molecule has 3 N–H and O–H groups in total. The second kappa shape index (κ2) is 12.5. The Hall–Kier alpha value is -3.48. The first-order valence-electron chi connectivity index (χ1n) is 10.6. The number of halogens is 6. The molecule has 0 aliphatic carbocycles. The number of hydrogen-bond acceptors (Lipinski definition) is 5. The summed E-state index contributed by atoms with van der Waals surface area (Å²) in [6.45, 7) is 0.743. The maximum atomic E-state index is 12.7. The summed E-state index contributed by atoms with van der Waals surface area (Å²) >= 11 is 0. The number of aliphatic hydroxyl groups is 1. The molecule has 0 heterocycles. The minimum Gasteiger partial charge on any atom is -0.493 e. The molecule has 0 saturated heterocycles. The van der Waals surface area contributed by atoms with Crippen molar-refractivity contribution in [2.45, 2.75) is 44.4 Å². The highest BCUT2D eigenvalue weighted by Gasteiger charge is 2.31. The van der Waals surface area contributed by atoms with E-state index in [9.17, 15) is 41.0 Å². The molecule has 0 bridgehead atoms. The largest absolute Gasteiger partial charge is 0.573 e. The Morgan fingerprint density at radius 1 is 0.944 bits per heavy atom. The Morgan fingerprint density at radius 3 is 2.06 bits per heavy atom. The number of aliphatic hydroxyl groups excluding tert-OH is 1. The lowest BCUT2D eigenvalue weighted by molar-refractivity contribution is -0.274. The fraction of sp³-hybridized carbons (Fsp3) is 0.391. The van der Waals surface area contributed by atoms with Crippen molar-refractivity contribution < 1.29 is 50.5 Å². The Labute approximate surface area is 202 Å². The first-order valence-corrected chi connectivity index (χ1v) is 10.6. The lowest BCUT2D eigenvalue weighted by atomic mass is 10.0. The lowest BCUT2D eigenvalue weighted by Gasteiger charge is -2.20. The maximum Gasteiger partial charge on any atom is 0.573 e. The monoisotopic (exact) mass is 522 g/mol. The Morgan fingerprint density at radius 2 is 1.53 bits per heavy atom. The summed E-state index contributed by atoms with van der Waals surface area (Å²) in [6, 6.07) is 8.76. The highest BCUT2D eigenvalue weighted by Crippen LogP contribution is 2.23. The normalized spacial score (nSPS) is 13.4. The summed E-state index contributed by atoms with van der Waals surface area (Å²) < 4.78 is 82.5. The number of rotatable bonds is 11. The zero-order valence-corrected chi connectivity index (χ0v) is 18.9. The van der Waals surface area contributed by atoms with E-state index in [1.807, 2.05) is 0 Å². The average Bonchev–Trinajstić information content (AvgIpc) is 2.76. The molecule has 0 radical (unpaired) electrons. The molecule has 2 aromatic rings. The van der Waals surface area contributed by atoms with Crippen molar-refractivity contribution in [2.24, 2.45) is 0 Å². The van der Waals surface area contributed by atoms with Crippen molar-refractivity contribution in [1.82, 2.24) is 10.6 Å². The molecule has 0 aromatic heterocycles. The fourth-order valence-electron chi connectivity index (χ4n) is 2.87. The Balaban J connectivity index is 2.07. The second-order valence-corrected chi connectivity index (χ2v) is 7.75. The fourth-order valence-corrected chi connectivity index (χ4v) is 2.87. The number of benzene rings is 2. The number of carbonyl (C=O) groups excluding carboxylic acids is 2. The summed E-state index contributed by atoms with van der Waals surface area (Å²) in [7, 11) is 0. The van der Waals surface area contributed by atoms with Crippen LogP contribution in [0.2, 0.25) is 0 Å². The van der Waals surface area contributed by atoms with Gasteiger partial charge in [-0.2, -0.15) is 13.2 Å². The molecule has 2 amide bonds. The van der Waals surface area contributed by atoms with Crippen molar-refractivity contribution in [3.63, 3.8) is 0 Å². The average molecular weight is 522 g/mol. The SMILES string of the molecule is C[C@H](O)CNC(=O)C(Cc1ccc(OC(F)(F)F)cc1)NC(=O)c1ccc(OCCC(F)(F)F)cc1. The van der Waals surface area contributed by atoms with Crippen molar-refractivity contribution in [1.29, 1.82) is 0 Å². The van der Waals surface area contributed by atoms with Gasteiger partial charge in [-0.05, 0) is 48.9 Å². The maximum absolute atomic E-state index is 12.7. The zero-order valence-electron chi connectivity index (χ0n) is 18.9. The van der Waals surface area contributed by atoms with E-state index in [-0.39, 0.29) is 24.3 Å². The van der Waals surface area contributed by atoms with Crippen molar-refractivity contribution >= 4 is 11.8 Å². The van der Waals surface area contributed by atoms with Gasteiger partial charge in [0.15, 0.2) is 0 Å². The van der Waals surface area contributed by atoms with E-state index >= 15 is 0 Å². The van der Waals surface area contributed by atoms with Crippen LogP contribution < -0.4 is 20.1 Å². The van der Waals surface area contributed by atoms with E-state index in [1.165, 1.54) is 43.3 Å². The van der Waals surface area contributed by atoms with Crippen LogP contribution in [0.5, 0.6) is 11.5 Å². The molecule has 2 aromatic carbocycles. The number of hydrogen-bond donors (Lipinski definition) is 3. The summed E-state index contributed by atoms with van der Waals surface area (Å²) in [4.78, 5) is 25.3. The Bertz CT molecular complexity index is 992. The topological polar surface area (TPSA) is 96.9 Å². The highest BCUT2D eigenvalue weighted by atomic mass is 19.4. The minimum atomic E-state index is -4.86. The van der Waals surface area contributed by atoms with Gasteiger partial charge in [0, 0.05) is 18.5 Å². The van der Waals surface area contributed by atoms with Crippen LogP contribution in [0.15, 0.2) is 48.5 Å². The molecule has 36 heavy (non-hydrogen) atoms. The van der Waals surface area contributed by atoms with Gasteiger partial charge < -0.3 is 25.2 Å². The first-order chi connectivity index (χ1) is 16.7. The van der Waals surface area contributed by atoms with Gasteiger partial charge in [-0.3, -0.25) is 9.59 Å². The summed E-state index contributed by atoms with van der Waals surface area (Å²) in [6.07, 6.45) is -11.3. The molecule has 2 rings (SSSR count). The van der Waals surface area contributed by atoms with Gasteiger partial charge >= 0.3 is 12.5 Å². The molecule has 1 unspecified atom stereocenters. The van der Waals surface area contributed by atoms with Gasteiger partial charge in [-0.25, -0.2) is 0 Å². The third-order valence-electron chi connectivity index (χ3n) is 4.56. The van der Waals surface area contributed by atoms with Gasteiger partial charge in [0.1, 0.15) is 17.5 Å². The Kier molecular flexibility index (Phi) is 9.96. The van der Waals surface area contributed by atoms with Gasteiger partial charge in [0.25, 0.3) is 5.91 Å². The number of carbonyl (C=O) groups is 2. The van der Waals surface area contributed by atoms with Crippen LogP contribution in [0.25, 0.3) is 0 Å². The van der Waals surface area contributed by atoms with Crippen LogP contribution in [0.1, 0.15) is 29.3 Å². The molecule has 13 heteroatoms. The second-order valence-electron chi connectivity index (χ2n) is 7.75. The van der Waals surface area contributed by atoms with E-state index in [1.54, 1.807) is 0 Å². The number of nitrogens with one attached hydrogen (secondary N) is 2. The predicted molar refractivity (Wildman–Crippen MR) is 115 cm³/mol. The van der Waals surface area contributed by atoms with E-state index in [4.69, 9.17) is 4.74 Å². The molecule has 2 atom stereocenters. The van der Waals surface area contributed by atoms with E-state index in [0.717, 1.165) is 12.1 Å². The quantitative estimate of drug-likeness (QED) is 0.391. The van der Waals surface area contributed by atoms with Crippen LogP contribution in [0.3, 0.4) is 0 Å². The van der Waals surface area contributed by atoms with Crippen LogP contribution in [-0.2, 0) is 11.2 Å². The van der Waals surface area contributed by atoms with Crippen LogP contribution in [0, 0.1) is 0 Å². The standard InChI is InChI=1S/C23H24F6N2O5/c1-14(32)13-30-21(34)19(12-15-2-6-18(7-3-15)36-23(27,28)29)31-20(33)16-4-8-17(9-5-16)35-11-10-22(24,25)26/h2-9,14,19,32H,10-13H2,1H3,(H,30,34)(H,31,33)/t14-,19?/m0/s1. The molecule has 198 valence electrons. The van der Waals surface area contributed by atoms with E-state index < -0.39 is 55.3 Å². The number of ether oxygens (including phenoxy) is 2. The molecule has 0 fully saturated rings. The third-order valence-corrected chi connectivity index (χ3v) is 4.56. The van der Waals surface area contributed by atoms with Gasteiger partial charge in [0.05, 0.1) is 19.1 Å². The van der Waals surface area contributed by atoms with Gasteiger partial charge in [0.2, 0.25) is 5.91 Å². The molecule has 0 aliphatic heterocycles. The highest BCUT2D eigenvalue weighted by molar-refractivity contribution is 5.97. The third kappa shape index (κ3) is 10.8. The minimum absolute atomic E-state index is 0.0837. The first kappa shape index (κ1) is 28.8. The predicted octanol–water partition coefficient (Wildman–Crippen LogP) is 3.75. The van der Waals surface area contributed by atoms with Crippen LogP contribution in [-0.4, -0.2) is 54.8 Å². The van der Waals surface area contributed by atoms with Gasteiger partial charge in [-0.1, -0.05) is 12.1 Å². The van der Waals surface area contributed by atoms with Crippen molar-refractivity contribution in [2.75, 3.05) is 13.2 Å². The molecule has 0 spiro atoms. The van der Waals surface area contributed by atoms with E-state index in [0.29, 0.717) is 5.56 Å². The van der Waals surface area contributed by atoms with E-state index in [2.05, 4.69) is 15.4 Å². The summed E-state index contributed by atoms with van der Waals surface area (Å²) in [5.74, 6) is -1.68. The van der Waals surface area contributed by atoms with Crippen LogP contribution in [0.4, 0.5) is 26.3 Å². The number of amides is 2. The number of alkyl halides is 6.